The predicted molar refractivity (Wildman–Crippen MR) is 105 cm³/mol. The van der Waals surface area contributed by atoms with Crippen LogP contribution in [0.4, 0.5) is 10.1 Å². The van der Waals surface area contributed by atoms with Gasteiger partial charge in [-0.05, 0) is 43.4 Å². The summed E-state index contributed by atoms with van der Waals surface area (Å²) in [5, 5.41) is 7.24. The molecule has 0 radical (unpaired) electrons. The summed E-state index contributed by atoms with van der Waals surface area (Å²) in [4.78, 5) is 4.39. The van der Waals surface area contributed by atoms with E-state index < -0.39 is 15.7 Å². The fraction of sp³-hybridized carbons (Fsp3) is 0.278. The summed E-state index contributed by atoms with van der Waals surface area (Å²) in [6.07, 6.45) is 0. The van der Waals surface area contributed by atoms with Gasteiger partial charge in [-0.1, -0.05) is 6.07 Å². The van der Waals surface area contributed by atoms with Crippen molar-refractivity contribution in [2.24, 2.45) is 0 Å². The first kappa shape index (κ1) is 19.6. The highest BCUT2D eigenvalue weighted by atomic mass is 35.5. The molecule has 0 amide bonds. The maximum Gasteiger partial charge on any atom is 0.224 e. The number of aromatic amines is 1. The van der Waals surface area contributed by atoms with E-state index in [-0.39, 0.29) is 22.3 Å². The third kappa shape index (κ3) is 3.65. The first-order valence-electron chi connectivity index (χ1n) is 8.37. The number of hydrogen-bond acceptors (Lipinski definition) is 5. The molecule has 4 rings (SSSR count). The Balaban J connectivity index is 0.00000210. The fourth-order valence-electron chi connectivity index (χ4n) is 3.19. The Morgan fingerprint density at radius 1 is 1.07 bits per heavy atom. The maximum absolute atomic E-state index is 13.5. The number of H-pyrrole nitrogens is 1. The summed E-state index contributed by atoms with van der Waals surface area (Å²) < 4.78 is 39.4. The van der Waals surface area contributed by atoms with Crippen molar-refractivity contribution >= 4 is 38.8 Å². The highest BCUT2D eigenvalue weighted by Gasteiger charge is 2.24. The van der Waals surface area contributed by atoms with E-state index in [0.29, 0.717) is 10.9 Å². The van der Waals surface area contributed by atoms with Crippen molar-refractivity contribution in [1.29, 1.82) is 0 Å². The number of nitrogens with zero attached hydrogens (tertiary/aromatic N) is 3. The quantitative estimate of drug-likeness (QED) is 0.719. The van der Waals surface area contributed by atoms with E-state index in [1.165, 1.54) is 18.2 Å². The lowest BCUT2D eigenvalue weighted by molar-refractivity contribution is 0.313. The van der Waals surface area contributed by atoms with Crippen LogP contribution in [0.25, 0.3) is 10.9 Å². The molecule has 2 heterocycles. The van der Waals surface area contributed by atoms with Gasteiger partial charge in [0.1, 0.15) is 5.82 Å². The van der Waals surface area contributed by atoms with Crippen LogP contribution in [0.5, 0.6) is 0 Å². The normalized spacial score (nSPS) is 15.7. The van der Waals surface area contributed by atoms with Crippen molar-refractivity contribution in [3.05, 3.63) is 48.3 Å². The Labute approximate surface area is 163 Å². The van der Waals surface area contributed by atoms with E-state index in [4.69, 9.17) is 0 Å². The number of likely N-dealkylation sites (N-methyl/N-ethyl adjacent to an activating group) is 1. The second-order valence-electron chi connectivity index (χ2n) is 6.51. The predicted octanol–water partition coefficient (Wildman–Crippen LogP) is 2.71. The Bertz CT molecular complexity index is 1060. The molecule has 0 bridgehead atoms. The molecule has 1 N–H and O–H groups in total. The Morgan fingerprint density at radius 3 is 2.52 bits per heavy atom. The smallest absolute Gasteiger partial charge is 0.224 e. The Hall–Kier alpha value is -2.16. The minimum Gasteiger partial charge on any atom is -0.369 e. The summed E-state index contributed by atoms with van der Waals surface area (Å²) in [5.74, 6) is -0.590. The number of anilines is 1. The second kappa shape index (κ2) is 7.46. The minimum absolute atomic E-state index is 0. The van der Waals surface area contributed by atoms with Gasteiger partial charge in [-0.3, -0.25) is 5.10 Å². The van der Waals surface area contributed by atoms with Crippen molar-refractivity contribution in [2.45, 2.75) is 9.92 Å². The van der Waals surface area contributed by atoms with Gasteiger partial charge in [-0.25, -0.2) is 12.8 Å². The first-order chi connectivity index (χ1) is 12.4. The van der Waals surface area contributed by atoms with Crippen molar-refractivity contribution in [1.82, 2.24) is 15.1 Å². The summed E-state index contributed by atoms with van der Waals surface area (Å²) in [6, 6.07) is 10.6. The van der Waals surface area contributed by atoms with E-state index in [1.54, 1.807) is 0 Å². The van der Waals surface area contributed by atoms with Crippen LogP contribution in [0.15, 0.2) is 52.4 Å². The third-order valence-electron chi connectivity index (χ3n) is 4.75. The van der Waals surface area contributed by atoms with Crippen molar-refractivity contribution in [3.8, 4) is 0 Å². The summed E-state index contributed by atoms with van der Waals surface area (Å²) >= 11 is 0. The third-order valence-corrected chi connectivity index (χ3v) is 6.47. The van der Waals surface area contributed by atoms with Crippen LogP contribution >= 0.6 is 12.4 Å². The van der Waals surface area contributed by atoms with Crippen LogP contribution in [0, 0.1) is 5.82 Å². The molecule has 1 fully saturated rings. The first-order valence-corrected chi connectivity index (χ1v) is 9.86. The molecule has 27 heavy (non-hydrogen) atoms. The monoisotopic (exact) mass is 410 g/mol. The van der Waals surface area contributed by atoms with Gasteiger partial charge in [-0.15, -0.1) is 12.4 Å². The molecule has 0 saturated carbocycles. The van der Waals surface area contributed by atoms with Gasteiger partial charge in [0.15, 0.2) is 5.03 Å². The number of sulfone groups is 1. The van der Waals surface area contributed by atoms with Gasteiger partial charge in [-0.2, -0.15) is 5.10 Å². The van der Waals surface area contributed by atoms with E-state index in [1.807, 2.05) is 18.2 Å². The standard InChI is InChI=1S/C18H19FN4O2S.ClH/c1-22-7-9-23(10-8-22)14-5-6-17-16(12-14)18(21-20-17)26(24,25)15-4-2-3-13(19)11-15;/h2-6,11-12H,7-10H2,1H3,(H,20,21);1H. The number of halogens is 2. The van der Waals surface area contributed by atoms with Crippen molar-refractivity contribution in [3.63, 3.8) is 0 Å². The van der Waals surface area contributed by atoms with Crippen molar-refractivity contribution in [2.75, 3.05) is 38.1 Å². The number of piperazine rings is 1. The van der Waals surface area contributed by atoms with Gasteiger partial charge in [0.25, 0.3) is 0 Å². The topological polar surface area (TPSA) is 69.3 Å². The summed E-state index contributed by atoms with van der Waals surface area (Å²) in [5.41, 5.74) is 1.53. The van der Waals surface area contributed by atoms with E-state index >= 15 is 0 Å². The highest BCUT2D eigenvalue weighted by Crippen LogP contribution is 2.30. The van der Waals surface area contributed by atoms with Gasteiger partial charge < -0.3 is 9.80 Å². The molecule has 0 aliphatic carbocycles. The van der Waals surface area contributed by atoms with Crippen LogP contribution in [0.3, 0.4) is 0 Å². The van der Waals surface area contributed by atoms with Gasteiger partial charge in [0, 0.05) is 37.3 Å². The molecular weight excluding hydrogens is 391 g/mol. The molecule has 1 aliphatic rings. The number of rotatable bonds is 3. The van der Waals surface area contributed by atoms with Crippen LogP contribution in [-0.4, -0.2) is 56.7 Å². The second-order valence-corrected chi connectivity index (χ2v) is 8.39. The molecule has 0 atom stereocenters. The zero-order valence-corrected chi connectivity index (χ0v) is 16.4. The zero-order chi connectivity index (χ0) is 18.3. The lowest BCUT2D eigenvalue weighted by atomic mass is 10.2. The molecule has 1 saturated heterocycles. The van der Waals surface area contributed by atoms with Crippen LogP contribution < -0.4 is 4.90 Å². The molecule has 1 aliphatic heterocycles. The molecule has 0 spiro atoms. The molecule has 9 heteroatoms. The van der Waals surface area contributed by atoms with Crippen LogP contribution in [0.1, 0.15) is 0 Å². The maximum atomic E-state index is 13.5. The van der Waals surface area contributed by atoms with E-state index in [2.05, 4.69) is 27.0 Å². The summed E-state index contributed by atoms with van der Waals surface area (Å²) in [7, 11) is -1.80. The molecule has 144 valence electrons. The molecule has 1 aromatic heterocycles. The fourth-order valence-corrected chi connectivity index (χ4v) is 4.57. The zero-order valence-electron chi connectivity index (χ0n) is 14.7. The number of benzene rings is 2. The minimum atomic E-state index is -3.89. The lowest BCUT2D eigenvalue weighted by Crippen LogP contribution is -2.44. The Morgan fingerprint density at radius 2 is 1.81 bits per heavy atom. The average Bonchev–Trinajstić information content (AvgIpc) is 3.06. The lowest BCUT2D eigenvalue weighted by Gasteiger charge is -2.34. The Kier molecular flexibility index (Phi) is 5.41. The largest absolute Gasteiger partial charge is 0.369 e. The van der Waals surface area contributed by atoms with Crippen molar-refractivity contribution < 1.29 is 12.8 Å². The molecule has 3 aromatic rings. The number of fused-ring (bicyclic) bond motifs is 1. The molecule has 0 unspecified atom stereocenters. The van der Waals surface area contributed by atoms with Crippen LogP contribution in [-0.2, 0) is 9.84 Å². The highest BCUT2D eigenvalue weighted by molar-refractivity contribution is 7.91. The number of nitrogens with one attached hydrogen (secondary N) is 1. The van der Waals surface area contributed by atoms with Crippen LogP contribution in [0.2, 0.25) is 0 Å². The number of aromatic nitrogens is 2. The molecule has 6 nitrogen and oxygen atoms in total. The van der Waals surface area contributed by atoms with Gasteiger partial charge in [0.05, 0.1) is 10.4 Å². The molecular formula is C18H20ClFN4O2S. The van der Waals surface area contributed by atoms with Gasteiger partial charge in [0.2, 0.25) is 9.84 Å². The van der Waals surface area contributed by atoms with E-state index in [9.17, 15) is 12.8 Å². The molecule has 2 aromatic carbocycles. The SMILES string of the molecule is CN1CCN(c2ccc3n[nH]c(S(=O)(=O)c4cccc(F)c4)c3c2)CC1.Cl. The van der Waals surface area contributed by atoms with Gasteiger partial charge >= 0.3 is 0 Å². The summed E-state index contributed by atoms with van der Waals surface area (Å²) in [6.45, 7) is 3.67. The number of hydrogen-bond donors (Lipinski definition) is 1. The van der Waals surface area contributed by atoms with E-state index in [0.717, 1.165) is 37.9 Å². The average molecular weight is 411 g/mol.